The molecular weight excluding hydrogens is 1180 g/mol. The molecule has 0 N–H and O–H groups in total. The van der Waals surface area contributed by atoms with Crippen molar-refractivity contribution in [3.63, 3.8) is 0 Å². The topological polar surface area (TPSA) is 74.3 Å². The molecule has 5 aromatic heterocycles. The number of imidazole rings is 1. The van der Waals surface area contributed by atoms with Crippen LogP contribution in [0, 0.1) is 19.9 Å². The van der Waals surface area contributed by atoms with E-state index >= 15 is 0 Å². The zero-order valence-electron chi connectivity index (χ0n) is 43.8. The first-order chi connectivity index (χ1) is 39.0. The summed E-state index contributed by atoms with van der Waals surface area (Å²) in [6, 6.07) is 91.4. The molecule has 0 aliphatic carbocycles. The fraction of sp³-hybridized carbons (Fsp3) is 0.0282. The summed E-state index contributed by atoms with van der Waals surface area (Å²) in [6.45, 7) is 3.98. The predicted octanol–water partition coefficient (Wildman–Crippen LogP) is 18.2. The third-order valence-electron chi connectivity index (χ3n) is 14.2. The average molecular weight is 1230 g/mol. The standard InChI is InChI=1S/C31H20N2S.C24H16N2.C16H14N3.Ir/c1-2-12-23(13-3-1)33-28-18-6-5-17-27(28)32-31(33)22-11-8-10-21(20-22)24-15-9-16-26-25-14-4-7-19-29(25)34-30(24)26;1-3-7-17(8-4-1)19-13-15-25-23-21(19)11-12-22-20(14-16-26-24(22)23)18-9-5-2-6-10-18;1-12-8-6-7-11-15(12)19-16(17-13(2)18-19)14-9-4-3-5-10-14;/h1-20H;1-16H;3-9,11H,1-2H3;/q;;-1;. The zero-order chi connectivity index (χ0) is 53.1. The van der Waals surface area contributed by atoms with Gasteiger partial charge in [0.1, 0.15) is 11.6 Å². The SMILES string of the molecule is Cc1nc(-c2[c-]cccc2)n(-c2ccccc2C)n1.[Ir].c1ccc(-c2ccnc3c2ccc2c(-c4ccccc4)ccnc23)cc1.c1ccc(-n2c(-c3cccc(-c4cccc5c4sc4ccccc45)c3)nc3ccccc32)cc1. The molecule has 15 aromatic rings. The number of pyridine rings is 2. The molecule has 0 fully saturated rings. The number of rotatable bonds is 7. The monoisotopic (exact) mass is 1230 g/mol. The predicted molar refractivity (Wildman–Crippen MR) is 328 cm³/mol. The number of benzene rings is 10. The Balaban J connectivity index is 0.000000124. The summed E-state index contributed by atoms with van der Waals surface area (Å²) in [7, 11) is 0. The Hall–Kier alpha value is -9.50. The quantitative estimate of drug-likeness (QED) is 0.117. The molecule has 0 saturated carbocycles. The van der Waals surface area contributed by atoms with Gasteiger partial charge in [0.05, 0.1) is 33.6 Å². The molecule has 0 aliphatic rings. The number of hydrogen-bond donors (Lipinski definition) is 0. The number of aromatic nitrogens is 7. The molecule has 0 aliphatic heterocycles. The molecule has 0 spiro atoms. The van der Waals surface area contributed by atoms with Gasteiger partial charge < -0.3 is 0 Å². The smallest absolute Gasteiger partial charge is 0.145 e. The van der Waals surface area contributed by atoms with Crippen molar-refractivity contribution in [2.45, 2.75) is 13.8 Å². The van der Waals surface area contributed by atoms with E-state index in [9.17, 15) is 0 Å². The van der Waals surface area contributed by atoms with E-state index in [1.165, 1.54) is 59.1 Å². The summed E-state index contributed by atoms with van der Waals surface area (Å²) < 4.78 is 6.80. The van der Waals surface area contributed by atoms with E-state index in [1.54, 1.807) is 0 Å². The summed E-state index contributed by atoms with van der Waals surface area (Å²) in [5.41, 5.74) is 16.6. The van der Waals surface area contributed by atoms with Crippen LogP contribution in [-0.4, -0.2) is 34.3 Å². The van der Waals surface area contributed by atoms with Crippen LogP contribution in [0.5, 0.6) is 0 Å². The Kier molecular flexibility index (Phi) is 14.6. The molecule has 0 saturated heterocycles. The summed E-state index contributed by atoms with van der Waals surface area (Å²) >= 11 is 1.87. The second-order valence-electron chi connectivity index (χ2n) is 19.2. The maximum absolute atomic E-state index is 5.06. The van der Waals surface area contributed by atoms with Gasteiger partial charge in [-0.05, 0) is 107 Å². The Morgan fingerprint density at radius 3 is 1.73 bits per heavy atom. The van der Waals surface area contributed by atoms with Gasteiger partial charge in [0.15, 0.2) is 0 Å². The van der Waals surface area contributed by atoms with E-state index in [2.05, 4.69) is 238 Å². The number of para-hydroxylation sites is 4. The summed E-state index contributed by atoms with van der Waals surface area (Å²) in [5.74, 6) is 2.54. The average Bonchev–Trinajstić information content (AvgIpc) is 4.30. The molecule has 80 heavy (non-hydrogen) atoms. The molecule has 0 amide bonds. The molecule has 5 heterocycles. The molecule has 15 rings (SSSR count). The van der Waals surface area contributed by atoms with Crippen LogP contribution in [0.15, 0.2) is 267 Å². The van der Waals surface area contributed by atoms with Crippen LogP contribution in [0.25, 0.3) is 121 Å². The zero-order valence-corrected chi connectivity index (χ0v) is 47.0. The molecule has 0 atom stereocenters. The van der Waals surface area contributed by atoms with Gasteiger partial charge in [-0.2, -0.15) is 5.10 Å². The van der Waals surface area contributed by atoms with Crippen LogP contribution in [0.3, 0.4) is 0 Å². The van der Waals surface area contributed by atoms with Crippen molar-refractivity contribution in [1.29, 1.82) is 0 Å². The van der Waals surface area contributed by atoms with Crippen molar-refractivity contribution >= 4 is 64.3 Å². The maximum atomic E-state index is 5.06. The largest absolute Gasteiger partial charge is 0.292 e. The summed E-state index contributed by atoms with van der Waals surface area (Å²) in [5, 5.41) is 9.41. The Morgan fingerprint density at radius 2 is 1.02 bits per heavy atom. The summed E-state index contributed by atoms with van der Waals surface area (Å²) in [4.78, 5) is 18.9. The van der Waals surface area contributed by atoms with Crippen molar-refractivity contribution in [1.82, 2.24) is 34.3 Å². The van der Waals surface area contributed by atoms with Gasteiger partial charge in [0.25, 0.3) is 0 Å². The molecule has 1 radical (unpaired) electrons. The minimum Gasteiger partial charge on any atom is -0.292 e. The van der Waals surface area contributed by atoms with E-state index in [4.69, 9.17) is 4.98 Å². The van der Waals surface area contributed by atoms with E-state index < -0.39 is 0 Å². The van der Waals surface area contributed by atoms with E-state index in [0.29, 0.717) is 0 Å². The van der Waals surface area contributed by atoms with Gasteiger partial charge in [0, 0.05) is 74.7 Å². The van der Waals surface area contributed by atoms with Crippen LogP contribution in [0.4, 0.5) is 0 Å². The Morgan fingerprint density at radius 1 is 0.438 bits per heavy atom. The van der Waals surface area contributed by atoms with Gasteiger partial charge in [-0.15, -0.1) is 47.2 Å². The van der Waals surface area contributed by atoms with Gasteiger partial charge in [-0.1, -0.05) is 176 Å². The second kappa shape index (κ2) is 22.8. The van der Waals surface area contributed by atoms with Crippen molar-refractivity contribution in [3.05, 3.63) is 285 Å². The first-order valence-corrected chi connectivity index (χ1v) is 27.1. The van der Waals surface area contributed by atoms with Gasteiger partial charge in [-0.3, -0.25) is 24.2 Å². The third-order valence-corrected chi connectivity index (χ3v) is 15.4. The van der Waals surface area contributed by atoms with Crippen LogP contribution in [-0.2, 0) is 20.1 Å². The number of aryl methyl sites for hydroxylation is 2. The van der Waals surface area contributed by atoms with Crippen LogP contribution in [0.1, 0.15) is 11.4 Å². The number of thiophene rings is 1. The van der Waals surface area contributed by atoms with Crippen LogP contribution in [0.2, 0.25) is 0 Å². The van der Waals surface area contributed by atoms with Crippen molar-refractivity contribution in [3.8, 4) is 67.5 Å². The molecule has 0 unspecified atom stereocenters. The van der Waals surface area contributed by atoms with Crippen LogP contribution >= 0.6 is 11.3 Å². The molecule has 9 heteroatoms. The minimum atomic E-state index is 0. The van der Waals surface area contributed by atoms with Crippen molar-refractivity contribution in [2.75, 3.05) is 0 Å². The normalized spacial score (nSPS) is 11.0. The van der Waals surface area contributed by atoms with Gasteiger partial charge in [-0.25, -0.2) is 4.98 Å². The minimum absolute atomic E-state index is 0. The number of nitrogens with zero attached hydrogens (tertiary/aromatic N) is 7. The second-order valence-corrected chi connectivity index (χ2v) is 20.3. The molecular formula is C71H50IrN7S-. The fourth-order valence-corrected chi connectivity index (χ4v) is 11.8. The third kappa shape index (κ3) is 10.0. The number of fused-ring (bicyclic) bond motifs is 7. The van der Waals surface area contributed by atoms with Crippen LogP contribution < -0.4 is 0 Å². The molecule has 10 aromatic carbocycles. The molecule has 7 nitrogen and oxygen atoms in total. The van der Waals surface area contributed by atoms with Crippen molar-refractivity contribution < 1.29 is 20.1 Å². The Labute approximate surface area is 481 Å². The first-order valence-electron chi connectivity index (χ1n) is 26.3. The maximum Gasteiger partial charge on any atom is 0.145 e. The van der Waals surface area contributed by atoms with E-state index in [1.807, 2.05) is 89.9 Å². The molecule has 0 bridgehead atoms. The summed E-state index contributed by atoms with van der Waals surface area (Å²) in [6.07, 6.45) is 3.75. The van der Waals surface area contributed by atoms with E-state index in [-0.39, 0.29) is 20.1 Å². The van der Waals surface area contributed by atoms with E-state index in [0.717, 1.165) is 72.8 Å². The first kappa shape index (κ1) is 51.3. The van der Waals surface area contributed by atoms with Gasteiger partial charge >= 0.3 is 0 Å². The van der Waals surface area contributed by atoms with Crippen molar-refractivity contribution in [2.24, 2.45) is 0 Å². The Bertz CT molecular complexity index is 4530. The fourth-order valence-electron chi connectivity index (χ4n) is 10.5. The number of hydrogen-bond acceptors (Lipinski definition) is 6. The van der Waals surface area contributed by atoms with Gasteiger partial charge in [0.2, 0.25) is 0 Å². The molecule has 385 valence electrons.